The SMILES string of the molecule is C=C1NC(N)=NC(NC(C)C)=C1NN. The topological polar surface area (TPSA) is 100 Å². The van der Waals surface area contributed by atoms with E-state index in [9.17, 15) is 0 Å². The predicted octanol–water partition coefficient (Wildman–Crippen LogP) is -0.952. The summed E-state index contributed by atoms with van der Waals surface area (Å²) in [6, 6.07) is 0.246. The summed E-state index contributed by atoms with van der Waals surface area (Å²) in [6.45, 7) is 7.76. The van der Waals surface area contributed by atoms with Crippen LogP contribution in [0.15, 0.2) is 28.8 Å². The van der Waals surface area contributed by atoms with Crippen molar-refractivity contribution in [2.75, 3.05) is 0 Å². The minimum absolute atomic E-state index is 0.246. The summed E-state index contributed by atoms with van der Waals surface area (Å²) in [5, 5.41) is 5.89. The highest BCUT2D eigenvalue weighted by atomic mass is 15.3. The zero-order valence-corrected chi connectivity index (χ0v) is 8.39. The first-order valence-electron chi connectivity index (χ1n) is 4.32. The van der Waals surface area contributed by atoms with Gasteiger partial charge >= 0.3 is 0 Å². The smallest absolute Gasteiger partial charge is 0.199 e. The maximum atomic E-state index is 5.54. The Morgan fingerprint density at radius 3 is 2.64 bits per heavy atom. The monoisotopic (exact) mass is 196 g/mol. The number of nitrogens with one attached hydrogen (secondary N) is 3. The minimum Gasteiger partial charge on any atom is -0.369 e. The van der Waals surface area contributed by atoms with Crippen LogP contribution in [-0.4, -0.2) is 12.0 Å². The molecule has 0 aromatic rings. The number of guanidine groups is 1. The number of hydrogen-bond acceptors (Lipinski definition) is 6. The average Bonchev–Trinajstić information content (AvgIpc) is 2.01. The lowest BCUT2D eigenvalue weighted by atomic mass is 10.3. The number of rotatable bonds is 3. The lowest BCUT2D eigenvalue weighted by molar-refractivity contribution is 0.640. The van der Waals surface area contributed by atoms with Gasteiger partial charge in [0.25, 0.3) is 0 Å². The second-order valence-corrected chi connectivity index (χ2v) is 3.27. The molecule has 6 heteroatoms. The Kier molecular flexibility index (Phi) is 2.98. The van der Waals surface area contributed by atoms with Gasteiger partial charge in [-0.3, -0.25) is 5.84 Å². The molecule has 0 aromatic carbocycles. The standard InChI is InChI=1S/C8H16N6/c1-4(2)11-7-6(14-10)5(3)12-8(9)13-7/h4,11,14H,3,10H2,1-2H3,(H3,9,12,13). The average molecular weight is 196 g/mol. The van der Waals surface area contributed by atoms with Crippen LogP contribution in [0.2, 0.25) is 0 Å². The Labute approximate surface area is 83.1 Å². The number of nitrogens with two attached hydrogens (primary N) is 2. The molecule has 1 heterocycles. The van der Waals surface area contributed by atoms with Crippen LogP contribution in [0.5, 0.6) is 0 Å². The number of aliphatic imine (C=N–C) groups is 1. The van der Waals surface area contributed by atoms with Gasteiger partial charge in [-0.2, -0.15) is 4.99 Å². The highest BCUT2D eigenvalue weighted by molar-refractivity contribution is 5.83. The van der Waals surface area contributed by atoms with Gasteiger partial charge in [-0.15, -0.1) is 0 Å². The minimum atomic E-state index is 0.246. The molecule has 14 heavy (non-hydrogen) atoms. The first kappa shape index (κ1) is 10.4. The number of nitrogens with zero attached hydrogens (tertiary/aromatic N) is 1. The highest BCUT2D eigenvalue weighted by Gasteiger charge is 2.15. The fourth-order valence-electron chi connectivity index (χ4n) is 1.10. The molecule has 6 nitrogen and oxygen atoms in total. The molecule has 1 aliphatic heterocycles. The highest BCUT2D eigenvalue weighted by Crippen LogP contribution is 2.11. The van der Waals surface area contributed by atoms with Crippen molar-refractivity contribution in [3.63, 3.8) is 0 Å². The summed E-state index contributed by atoms with van der Waals surface area (Å²) in [4.78, 5) is 4.07. The van der Waals surface area contributed by atoms with Crippen LogP contribution in [-0.2, 0) is 0 Å². The van der Waals surface area contributed by atoms with Crippen molar-refractivity contribution in [1.29, 1.82) is 0 Å². The van der Waals surface area contributed by atoms with Gasteiger partial charge in [0.15, 0.2) is 11.8 Å². The van der Waals surface area contributed by atoms with E-state index in [0.717, 1.165) is 0 Å². The van der Waals surface area contributed by atoms with E-state index in [1.165, 1.54) is 0 Å². The van der Waals surface area contributed by atoms with Crippen molar-refractivity contribution in [3.8, 4) is 0 Å². The molecule has 0 amide bonds. The van der Waals surface area contributed by atoms with Gasteiger partial charge in [-0.05, 0) is 13.8 Å². The van der Waals surface area contributed by atoms with Crippen molar-refractivity contribution in [2.24, 2.45) is 16.6 Å². The Hall–Kier alpha value is -1.69. The van der Waals surface area contributed by atoms with Crippen molar-refractivity contribution in [2.45, 2.75) is 19.9 Å². The number of hydrazine groups is 1. The van der Waals surface area contributed by atoms with Gasteiger partial charge < -0.3 is 21.8 Å². The van der Waals surface area contributed by atoms with E-state index in [0.29, 0.717) is 23.2 Å². The molecule has 0 saturated carbocycles. The fraction of sp³-hybridized carbons (Fsp3) is 0.375. The molecule has 1 aliphatic rings. The molecule has 0 unspecified atom stereocenters. The van der Waals surface area contributed by atoms with Crippen LogP contribution in [0.3, 0.4) is 0 Å². The molecule has 78 valence electrons. The van der Waals surface area contributed by atoms with E-state index in [1.807, 2.05) is 13.8 Å². The van der Waals surface area contributed by atoms with Gasteiger partial charge in [0.05, 0.1) is 5.70 Å². The van der Waals surface area contributed by atoms with E-state index in [2.05, 4.69) is 27.6 Å². The molecule has 0 atom stereocenters. The molecule has 0 aromatic heterocycles. The Morgan fingerprint density at radius 2 is 2.14 bits per heavy atom. The van der Waals surface area contributed by atoms with E-state index < -0.39 is 0 Å². The lowest BCUT2D eigenvalue weighted by Gasteiger charge is -2.22. The van der Waals surface area contributed by atoms with Gasteiger partial charge in [0.2, 0.25) is 0 Å². The normalized spacial score (nSPS) is 16.6. The fourth-order valence-corrected chi connectivity index (χ4v) is 1.10. The van der Waals surface area contributed by atoms with E-state index >= 15 is 0 Å². The second-order valence-electron chi connectivity index (χ2n) is 3.27. The Morgan fingerprint density at radius 1 is 1.50 bits per heavy atom. The third kappa shape index (κ3) is 2.17. The second kappa shape index (κ2) is 4.01. The summed E-state index contributed by atoms with van der Waals surface area (Å²) >= 11 is 0. The molecule has 0 spiro atoms. The summed E-state index contributed by atoms with van der Waals surface area (Å²) in [7, 11) is 0. The lowest BCUT2D eigenvalue weighted by Crippen LogP contribution is -2.42. The quantitative estimate of drug-likeness (QED) is 0.296. The summed E-state index contributed by atoms with van der Waals surface area (Å²) in [5.74, 6) is 6.25. The first-order valence-corrected chi connectivity index (χ1v) is 4.32. The van der Waals surface area contributed by atoms with Crippen LogP contribution in [0.25, 0.3) is 0 Å². The molecular weight excluding hydrogens is 180 g/mol. The molecule has 1 rings (SSSR count). The van der Waals surface area contributed by atoms with E-state index in [-0.39, 0.29) is 6.04 Å². The molecule has 7 N–H and O–H groups in total. The van der Waals surface area contributed by atoms with Crippen molar-refractivity contribution in [3.05, 3.63) is 23.8 Å². The summed E-state index contributed by atoms with van der Waals surface area (Å²) < 4.78 is 0. The molecular formula is C8H16N6. The van der Waals surface area contributed by atoms with Crippen LogP contribution < -0.4 is 27.6 Å². The zero-order valence-electron chi connectivity index (χ0n) is 8.39. The van der Waals surface area contributed by atoms with Crippen LogP contribution in [0.4, 0.5) is 0 Å². The van der Waals surface area contributed by atoms with Crippen LogP contribution in [0, 0.1) is 0 Å². The molecule has 0 bridgehead atoms. The Balaban J connectivity index is 2.98. The van der Waals surface area contributed by atoms with Crippen molar-refractivity contribution in [1.82, 2.24) is 16.1 Å². The van der Waals surface area contributed by atoms with Gasteiger partial charge in [0.1, 0.15) is 5.70 Å². The maximum Gasteiger partial charge on any atom is 0.199 e. The summed E-state index contributed by atoms with van der Waals surface area (Å²) in [6.07, 6.45) is 0. The maximum absolute atomic E-state index is 5.54. The predicted molar refractivity (Wildman–Crippen MR) is 56.5 cm³/mol. The molecule has 0 fully saturated rings. The third-order valence-electron chi connectivity index (χ3n) is 1.62. The van der Waals surface area contributed by atoms with Gasteiger partial charge in [0, 0.05) is 6.04 Å². The first-order chi connectivity index (χ1) is 6.54. The third-order valence-corrected chi connectivity index (χ3v) is 1.62. The molecule has 0 saturated heterocycles. The van der Waals surface area contributed by atoms with Crippen molar-refractivity contribution < 1.29 is 0 Å². The van der Waals surface area contributed by atoms with Gasteiger partial charge in [-0.25, -0.2) is 0 Å². The van der Waals surface area contributed by atoms with E-state index in [1.54, 1.807) is 0 Å². The largest absolute Gasteiger partial charge is 0.369 e. The zero-order chi connectivity index (χ0) is 10.7. The van der Waals surface area contributed by atoms with Crippen molar-refractivity contribution >= 4 is 5.96 Å². The molecule has 0 radical (unpaired) electrons. The molecule has 0 aliphatic carbocycles. The Bertz CT molecular complexity index is 301. The van der Waals surface area contributed by atoms with E-state index in [4.69, 9.17) is 11.6 Å². The summed E-state index contributed by atoms with van der Waals surface area (Å²) in [5.41, 5.74) is 9.28. The number of hydrogen-bond donors (Lipinski definition) is 5. The van der Waals surface area contributed by atoms with Crippen LogP contribution >= 0.6 is 0 Å². The van der Waals surface area contributed by atoms with Crippen LogP contribution in [0.1, 0.15) is 13.8 Å². The van der Waals surface area contributed by atoms with Gasteiger partial charge in [-0.1, -0.05) is 6.58 Å².